The smallest absolute Gasteiger partial charge is 0.307 e. The molecule has 10 heteroatoms. The SMILES string of the molecule is CC(C)[C@@H](CS(=O)(=O)N1CCN(c2ncc(-c3ccc(F)cc3)cn2)CC1)C(=O)O. The minimum absolute atomic E-state index is 0.246. The van der Waals surface area contributed by atoms with Crippen molar-refractivity contribution in [3.8, 4) is 11.1 Å². The van der Waals surface area contributed by atoms with E-state index in [1.54, 1.807) is 38.4 Å². The number of rotatable bonds is 7. The van der Waals surface area contributed by atoms with Crippen molar-refractivity contribution in [3.05, 3.63) is 42.5 Å². The van der Waals surface area contributed by atoms with Crippen LogP contribution < -0.4 is 4.90 Å². The fourth-order valence-electron chi connectivity index (χ4n) is 3.32. The molecule has 2 aromatic rings. The van der Waals surface area contributed by atoms with Gasteiger partial charge in [-0.3, -0.25) is 4.79 Å². The third-order valence-corrected chi connectivity index (χ3v) is 7.18. The van der Waals surface area contributed by atoms with E-state index in [1.807, 2.05) is 4.90 Å². The van der Waals surface area contributed by atoms with Gasteiger partial charge in [-0.1, -0.05) is 26.0 Å². The van der Waals surface area contributed by atoms with Crippen LogP contribution in [0.4, 0.5) is 10.3 Å². The van der Waals surface area contributed by atoms with Crippen LogP contribution in [-0.4, -0.2) is 65.7 Å². The zero-order chi connectivity index (χ0) is 21.9. The number of anilines is 1. The minimum Gasteiger partial charge on any atom is -0.481 e. The van der Waals surface area contributed by atoms with Gasteiger partial charge in [-0.2, -0.15) is 4.31 Å². The normalized spacial score (nSPS) is 16.6. The highest BCUT2D eigenvalue weighted by atomic mass is 32.2. The molecule has 0 aliphatic carbocycles. The Morgan fingerprint density at radius 3 is 2.13 bits per heavy atom. The van der Waals surface area contributed by atoms with Gasteiger partial charge in [-0.25, -0.2) is 22.8 Å². The predicted octanol–water partition coefficient (Wildman–Crippen LogP) is 2.09. The molecule has 0 saturated carbocycles. The van der Waals surface area contributed by atoms with Crippen LogP contribution in [0.1, 0.15) is 13.8 Å². The molecule has 1 saturated heterocycles. The summed E-state index contributed by atoms with van der Waals surface area (Å²) in [5, 5.41) is 9.29. The molecule has 8 nitrogen and oxygen atoms in total. The molecule has 1 aliphatic heterocycles. The van der Waals surface area contributed by atoms with E-state index in [1.165, 1.54) is 16.4 Å². The van der Waals surface area contributed by atoms with Gasteiger partial charge in [0.05, 0.1) is 11.7 Å². The van der Waals surface area contributed by atoms with Crippen LogP contribution in [0.2, 0.25) is 0 Å². The number of aromatic nitrogens is 2. The highest BCUT2D eigenvalue weighted by Crippen LogP contribution is 2.21. The maximum absolute atomic E-state index is 13.1. The molecule has 30 heavy (non-hydrogen) atoms. The third kappa shape index (κ3) is 5.11. The average molecular weight is 437 g/mol. The van der Waals surface area contributed by atoms with Crippen LogP contribution in [0, 0.1) is 17.7 Å². The van der Waals surface area contributed by atoms with Crippen molar-refractivity contribution in [2.45, 2.75) is 13.8 Å². The molecule has 3 rings (SSSR count). The first-order valence-electron chi connectivity index (χ1n) is 9.71. The summed E-state index contributed by atoms with van der Waals surface area (Å²) < 4.78 is 39.7. The number of hydrogen-bond acceptors (Lipinski definition) is 6. The van der Waals surface area contributed by atoms with E-state index in [9.17, 15) is 22.7 Å². The summed E-state index contributed by atoms with van der Waals surface area (Å²) in [6.07, 6.45) is 3.30. The molecular formula is C20H25FN4O4S. The topological polar surface area (TPSA) is 104 Å². The number of carboxylic acid groups (broad SMARTS) is 1. The van der Waals surface area contributed by atoms with Crippen molar-refractivity contribution in [1.82, 2.24) is 14.3 Å². The van der Waals surface area contributed by atoms with Gasteiger partial charge in [0.15, 0.2) is 0 Å². The molecule has 0 bridgehead atoms. The third-order valence-electron chi connectivity index (χ3n) is 5.24. The lowest BCUT2D eigenvalue weighted by molar-refractivity contribution is -0.142. The predicted molar refractivity (Wildman–Crippen MR) is 111 cm³/mol. The van der Waals surface area contributed by atoms with Gasteiger partial charge in [0, 0.05) is 44.1 Å². The summed E-state index contributed by atoms with van der Waals surface area (Å²) >= 11 is 0. The van der Waals surface area contributed by atoms with Crippen molar-refractivity contribution in [1.29, 1.82) is 0 Å². The first-order chi connectivity index (χ1) is 14.2. The standard InChI is InChI=1S/C20H25FN4O4S/c1-14(2)18(19(26)27)13-30(28,29)25-9-7-24(8-10-25)20-22-11-16(12-23-20)15-3-5-17(21)6-4-15/h3-6,11-12,14,18H,7-10,13H2,1-2H3,(H,26,27)/t18-/m1/s1. The molecule has 1 aromatic heterocycles. The van der Waals surface area contributed by atoms with Gasteiger partial charge >= 0.3 is 5.97 Å². The monoisotopic (exact) mass is 436 g/mol. The summed E-state index contributed by atoms with van der Waals surface area (Å²) in [6, 6.07) is 6.05. The Bertz CT molecular complexity index is 973. The van der Waals surface area contributed by atoms with Crippen LogP contribution >= 0.6 is 0 Å². The number of piperazine rings is 1. The number of aliphatic carboxylic acids is 1. The second-order valence-corrected chi connectivity index (χ2v) is 9.65. The minimum atomic E-state index is -3.67. The van der Waals surface area contributed by atoms with Gasteiger partial charge in [0.2, 0.25) is 16.0 Å². The number of carboxylic acids is 1. The van der Waals surface area contributed by atoms with Crippen LogP contribution in [0.3, 0.4) is 0 Å². The maximum Gasteiger partial charge on any atom is 0.307 e. The van der Waals surface area contributed by atoms with Crippen molar-refractivity contribution in [2.24, 2.45) is 11.8 Å². The highest BCUT2D eigenvalue weighted by molar-refractivity contribution is 7.89. The first kappa shape index (κ1) is 22.1. The molecule has 1 N–H and O–H groups in total. The van der Waals surface area contributed by atoms with Crippen molar-refractivity contribution >= 4 is 21.9 Å². The second kappa shape index (κ2) is 9.05. The van der Waals surface area contributed by atoms with Gasteiger partial charge in [0.1, 0.15) is 5.82 Å². The molecule has 0 radical (unpaired) electrons. The number of benzene rings is 1. The Hall–Kier alpha value is -2.59. The molecule has 162 valence electrons. The summed E-state index contributed by atoms with van der Waals surface area (Å²) in [5.74, 6) is -2.53. The molecule has 1 aromatic carbocycles. The number of sulfonamides is 1. The quantitative estimate of drug-likeness (QED) is 0.709. The highest BCUT2D eigenvalue weighted by Gasteiger charge is 2.34. The van der Waals surface area contributed by atoms with Crippen LogP contribution in [-0.2, 0) is 14.8 Å². The van der Waals surface area contributed by atoms with Crippen molar-refractivity contribution in [2.75, 3.05) is 36.8 Å². The Kier molecular flexibility index (Phi) is 6.67. The molecule has 2 heterocycles. The molecule has 0 unspecified atom stereocenters. The Morgan fingerprint density at radius 2 is 1.63 bits per heavy atom. The van der Waals surface area contributed by atoms with Gasteiger partial charge in [-0.15, -0.1) is 0 Å². The summed E-state index contributed by atoms with van der Waals surface area (Å²) in [5.41, 5.74) is 1.56. The van der Waals surface area contributed by atoms with Gasteiger partial charge < -0.3 is 10.0 Å². The van der Waals surface area contributed by atoms with Gasteiger partial charge in [0.25, 0.3) is 0 Å². The fraction of sp³-hybridized carbons (Fsp3) is 0.450. The van der Waals surface area contributed by atoms with E-state index in [-0.39, 0.29) is 24.8 Å². The van der Waals surface area contributed by atoms with E-state index >= 15 is 0 Å². The lowest BCUT2D eigenvalue weighted by atomic mass is 9.98. The summed E-state index contributed by atoms with van der Waals surface area (Å²) in [4.78, 5) is 22.0. The first-order valence-corrected chi connectivity index (χ1v) is 11.3. The molecule has 1 aliphatic rings. The number of halogens is 1. The van der Waals surface area contributed by atoms with Crippen LogP contribution in [0.5, 0.6) is 0 Å². The molecular weight excluding hydrogens is 411 g/mol. The number of carbonyl (C=O) groups is 1. The molecule has 0 spiro atoms. The van der Waals surface area contributed by atoms with Crippen LogP contribution in [0.15, 0.2) is 36.7 Å². The van der Waals surface area contributed by atoms with Gasteiger partial charge in [-0.05, 0) is 23.6 Å². The zero-order valence-electron chi connectivity index (χ0n) is 16.9. The van der Waals surface area contributed by atoms with E-state index < -0.39 is 27.7 Å². The van der Waals surface area contributed by atoms with E-state index in [0.717, 1.165) is 11.1 Å². The van der Waals surface area contributed by atoms with E-state index in [2.05, 4.69) is 9.97 Å². The number of nitrogens with zero attached hydrogens (tertiary/aromatic N) is 4. The lowest BCUT2D eigenvalue weighted by Crippen LogP contribution is -2.50. The van der Waals surface area contributed by atoms with Crippen LogP contribution in [0.25, 0.3) is 11.1 Å². The molecule has 0 amide bonds. The average Bonchev–Trinajstić information content (AvgIpc) is 2.72. The van der Waals surface area contributed by atoms with Crippen molar-refractivity contribution in [3.63, 3.8) is 0 Å². The zero-order valence-corrected chi connectivity index (χ0v) is 17.7. The van der Waals surface area contributed by atoms with E-state index in [0.29, 0.717) is 19.0 Å². The van der Waals surface area contributed by atoms with E-state index in [4.69, 9.17) is 0 Å². The Labute approximate surface area is 175 Å². The number of hydrogen-bond donors (Lipinski definition) is 1. The largest absolute Gasteiger partial charge is 0.481 e. The summed E-state index contributed by atoms with van der Waals surface area (Å²) in [7, 11) is -3.67. The molecule has 1 fully saturated rings. The lowest BCUT2D eigenvalue weighted by Gasteiger charge is -2.34. The summed E-state index contributed by atoms with van der Waals surface area (Å²) in [6.45, 7) is 4.73. The Morgan fingerprint density at radius 1 is 1.07 bits per heavy atom. The second-order valence-electron chi connectivity index (χ2n) is 7.63. The fourth-order valence-corrected chi connectivity index (χ4v) is 5.24. The Balaban J connectivity index is 1.62. The maximum atomic E-state index is 13.1. The molecule has 1 atom stereocenters. The van der Waals surface area contributed by atoms with Crippen molar-refractivity contribution < 1.29 is 22.7 Å².